The van der Waals surface area contributed by atoms with Gasteiger partial charge in [0, 0.05) is 25.9 Å². The minimum Gasteiger partial charge on any atom is -0.381 e. The minimum atomic E-state index is 0.348. The van der Waals surface area contributed by atoms with Gasteiger partial charge < -0.3 is 15.2 Å². The smallest absolute Gasteiger partial charge is 0.0576 e. The lowest BCUT2D eigenvalue weighted by molar-refractivity contribution is 0.0997. The van der Waals surface area contributed by atoms with Crippen LogP contribution in [-0.2, 0) is 9.47 Å². The van der Waals surface area contributed by atoms with E-state index in [4.69, 9.17) is 15.2 Å². The zero-order valence-corrected chi connectivity index (χ0v) is 9.49. The molecule has 15 heavy (non-hydrogen) atoms. The van der Waals surface area contributed by atoms with Crippen LogP contribution in [0.1, 0.15) is 38.5 Å². The molecule has 0 spiro atoms. The van der Waals surface area contributed by atoms with E-state index in [0.717, 1.165) is 39.1 Å². The van der Waals surface area contributed by atoms with Gasteiger partial charge >= 0.3 is 0 Å². The second-order valence-electron chi connectivity index (χ2n) is 4.94. The zero-order chi connectivity index (χ0) is 10.5. The lowest BCUT2D eigenvalue weighted by Gasteiger charge is -2.17. The highest BCUT2D eigenvalue weighted by atomic mass is 16.5. The zero-order valence-electron chi connectivity index (χ0n) is 9.49. The van der Waals surface area contributed by atoms with Crippen molar-refractivity contribution in [1.29, 1.82) is 0 Å². The van der Waals surface area contributed by atoms with E-state index in [-0.39, 0.29) is 0 Å². The highest BCUT2D eigenvalue weighted by Gasteiger charge is 2.20. The van der Waals surface area contributed by atoms with E-state index >= 15 is 0 Å². The Morgan fingerprint density at radius 1 is 1.27 bits per heavy atom. The standard InChI is InChI=1S/C12H23NO2/c13-11(8-10-5-7-14-9-10)3-4-12-2-1-6-15-12/h10-12H,1-9,13H2. The van der Waals surface area contributed by atoms with Crippen molar-refractivity contribution in [1.82, 2.24) is 0 Å². The molecule has 2 heterocycles. The molecule has 0 aromatic rings. The summed E-state index contributed by atoms with van der Waals surface area (Å²) >= 11 is 0. The maximum atomic E-state index is 6.12. The maximum Gasteiger partial charge on any atom is 0.0576 e. The molecule has 0 radical (unpaired) electrons. The molecular weight excluding hydrogens is 190 g/mol. The molecule has 2 saturated heterocycles. The van der Waals surface area contributed by atoms with Crippen molar-refractivity contribution >= 4 is 0 Å². The van der Waals surface area contributed by atoms with E-state index in [1.807, 2.05) is 0 Å². The topological polar surface area (TPSA) is 44.5 Å². The average molecular weight is 213 g/mol. The van der Waals surface area contributed by atoms with Crippen LogP contribution < -0.4 is 5.73 Å². The van der Waals surface area contributed by atoms with Gasteiger partial charge in [-0.3, -0.25) is 0 Å². The first kappa shape index (κ1) is 11.4. The molecule has 0 aliphatic carbocycles. The fourth-order valence-electron chi connectivity index (χ4n) is 2.59. The van der Waals surface area contributed by atoms with Crippen LogP contribution in [0.2, 0.25) is 0 Å². The molecule has 0 bridgehead atoms. The van der Waals surface area contributed by atoms with Crippen LogP contribution in [0.3, 0.4) is 0 Å². The van der Waals surface area contributed by atoms with E-state index in [1.54, 1.807) is 0 Å². The van der Waals surface area contributed by atoms with Crippen molar-refractivity contribution in [2.45, 2.75) is 50.7 Å². The van der Waals surface area contributed by atoms with Gasteiger partial charge in [-0.15, -0.1) is 0 Å². The molecular formula is C12H23NO2. The molecule has 0 saturated carbocycles. The fraction of sp³-hybridized carbons (Fsp3) is 1.00. The molecule has 2 rings (SSSR count). The van der Waals surface area contributed by atoms with Gasteiger partial charge in [-0.25, -0.2) is 0 Å². The molecule has 2 fully saturated rings. The number of hydrogen-bond acceptors (Lipinski definition) is 3. The summed E-state index contributed by atoms with van der Waals surface area (Å²) < 4.78 is 10.9. The first-order chi connectivity index (χ1) is 7.34. The largest absolute Gasteiger partial charge is 0.381 e. The van der Waals surface area contributed by atoms with Gasteiger partial charge in [0.1, 0.15) is 0 Å². The number of hydrogen-bond donors (Lipinski definition) is 1. The Hall–Kier alpha value is -0.120. The number of nitrogens with two attached hydrogens (primary N) is 1. The van der Waals surface area contributed by atoms with Gasteiger partial charge in [-0.2, -0.15) is 0 Å². The van der Waals surface area contributed by atoms with Gasteiger partial charge in [0.05, 0.1) is 6.10 Å². The second kappa shape index (κ2) is 5.83. The van der Waals surface area contributed by atoms with Crippen molar-refractivity contribution in [3.63, 3.8) is 0 Å². The normalized spacial score (nSPS) is 33.4. The molecule has 3 heteroatoms. The van der Waals surface area contributed by atoms with Gasteiger partial charge in [0.2, 0.25) is 0 Å². The highest BCUT2D eigenvalue weighted by molar-refractivity contribution is 4.74. The predicted octanol–water partition coefficient (Wildman–Crippen LogP) is 1.70. The van der Waals surface area contributed by atoms with Crippen molar-refractivity contribution in [3.05, 3.63) is 0 Å². The first-order valence-corrected chi connectivity index (χ1v) is 6.29. The maximum absolute atomic E-state index is 6.12. The lowest BCUT2D eigenvalue weighted by atomic mass is 9.95. The monoisotopic (exact) mass is 213 g/mol. The second-order valence-corrected chi connectivity index (χ2v) is 4.94. The Labute approximate surface area is 92.3 Å². The Morgan fingerprint density at radius 3 is 2.87 bits per heavy atom. The summed E-state index contributed by atoms with van der Waals surface area (Å²) in [6.07, 6.45) is 7.56. The molecule has 2 aliphatic rings. The summed E-state index contributed by atoms with van der Waals surface area (Å²) in [7, 11) is 0. The number of ether oxygens (including phenoxy) is 2. The van der Waals surface area contributed by atoms with Crippen LogP contribution in [0.25, 0.3) is 0 Å². The van der Waals surface area contributed by atoms with Crippen molar-refractivity contribution in [3.8, 4) is 0 Å². The van der Waals surface area contributed by atoms with Gasteiger partial charge in [-0.1, -0.05) is 0 Å². The Morgan fingerprint density at radius 2 is 2.20 bits per heavy atom. The molecule has 2 aliphatic heterocycles. The van der Waals surface area contributed by atoms with E-state index in [1.165, 1.54) is 19.3 Å². The third kappa shape index (κ3) is 3.74. The lowest BCUT2D eigenvalue weighted by Crippen LogP contribution is -2.25. The van der Waals surface area contributed by atoms with Crippen molar-refractivity contribution in [2.75, 3.05) is 19.8 Å². The van der Waals surface area contributed by atoms with Crippen LogP contribution in [0.5, 0.6) is 0 Å². The Kier molecular flexibility index (Phi) is 4.42. The summed E-state index contributed by atoms with van der Waals surface area (Å²) in [6.45, 7) is 2.81. The van der Waals surface area contributed by atoms with Crippen LogP contribution in [0, 0.1) is 5.92 Å². The van der Waals surface area contributed by atoms with Crippen LogP contribution in [0.15, 0.2) is 0 Å². The Balaban J connectivity index is 1.57. The Bertz CT molecular complexity index is 174. The van der Waals surface area contributed by atoms with Crippen LogP contribution >= 0.6 is 0 Å². The fourth-order valence-corrected chi connectivity index (χ4v) is 2.59. The van der Waals surface area contributed by atoms with E-state index in [0.29, 0.717) is 18.1 Å². The molecule has 3 nitrogen and oxygen atoms in total. The summed E-state index contributed by atoms with van der Waals surface area (Å²) in [5, 5.41) is 0. The van der Waals surface area contributed by atoms with E-state index < -0.39 is 0 Å². The third-order valence-electron chi connectivity index (χ3n) is 3.54. The first-order valence-electron chi connectivity index (χ1n) is 6.29. The van der Waals surface area contributed by atoms with E-state index in [2.05, 4.69) is 0 Å². The van der Waals surface area contributed by atoms with Crippen LogP contribution in [-0.4, -0.2) is 32.0 Å². The minimum absolute atomic E-state index is 0.348. The van der Waals surface area contributed by atoms with E-state index in [9.17, 15) is 0 Å². The average Bonchev–Trinajstić information content (AvgIpc) is 2.86. The van der Waals surface area contributed by atoms with Crippen LogP contribution in [0.4, 0.5) is 0 Å². The highest BCUT2D eigenvalue weighted by Crippen LogP contribution is 2.22. The summed E-state index contributed by atoms with van der Waals surface area (Å²) in [5.41, 5.74) is 6.12. The molecule has 3 atom stereocenters. The summed E-state index contributed by atoms with van der Waals surface area (Å²) in [5.74, 6) is 0.712. The van der Waals surface area contributed by atoms with Gasteiger partial charge in [-0.05, 0) is 44.4 Å². The van der Waals surface area contributed by atoms with Gasteiger partial charge in [0.25, 0.3) is 0 Å². The molecule has 0 amide bonds. The quantitative estimate of drug-likeness (QED) is 0.756. The number of rotatable bonds is 5. The van der Waals surface area contributed by atoms with Crippen molar-refractivity contribution < 1.29 is 9.47 Å². The predicted molar refractivity (Wildman–Crippen MR) is 59.7 cm³/mol. The summed E-state index contributed by atoms with van der Waals surface area (Å²) in [4.78, 5) is 0. The molecule has 88 valence electrons. The molecule has 3 unspecified atom stereocenters. The van der Waals surface area contributed by atoms with Gasteiger partial charge in [0.15, 0.2) is 0 Å². The molecule has 2 N–H and O–H groups in total. The molecule has 0 aromatic carbocycles. The SMILES string of the molecule is NC(CCC1CCCO1)CC1CCOC1. The summed E-state index contributed by atoms with van der Waals surface area (Å²) in [6, 6.07) is 0.348. The van der Waals surface area contributed by atoms with Crippen molar-refractivity contribution in [2.24, 2.45) is 11.7 Å². The third-order valence-corrected chi connectivity index (χ3v) is 3.54. The molecule has 0 aromatic heterocycles.